The monoisotopic (exact) mass is 305 g/mol. The number of thiophene rings is 1. The van der Waals surface area contributed by atoms with Gasteiger partial charge >= 0.3 is 0 Å². The highest BCUT2D eigenvalue weighted by atomic mass is 32.1. The average molecular weight is 305 g/mol. The van der Waals surface area contributed by atoms with E-state index in [9.17, 15) is 9.59 Å². The molecule has 0 spiro atoms. The van der Waals surface area contributed by atoms with Gasteiger partial charge in [-0.3, -0.25) is 14.2 Å². The Hall–Kier alpha value is -1.69. The molecule has 3 rings (SSSR count). The molecule has 1 aliphatic rings. The standard InChI is InChI=1S/C15H19N3O2S/c1-3-4-11-7-12-14(21-11)16-9-18(15(12)20)8-10-5-6-13(19)17(10)2/h7,9-10H,3-6,8H2,1-2H3. The molecule has 1 unspecified atom stereocenters. The van der Waals surface area contributed by atoms with E-state index >= 15 is 0 Å². The van der Waals surface area contributed by atoms with Gasteiger partial charge in [-0.25, -0.2) is 4.98 Å². The second-order valence-electron chi connectivity index (χ2n) is 5.58. The van der Waals surface area contributed by atoms with Crippen LogP contribution in [0, 0.1) is 0 Å². The van der Waals surface area contributed by atoms with Crippen LogP contribution in [0.1, 0.15) is 31.1 Å². The molecule has 1 amide bonds. The lowest BCUT2D eigenvalue weighted by Crippen LogP contribution is -2.35. The zero-order valence-corrected chi connectivity index (χ0v) is 13.2. The van der Waals surface area contributed by atoms with Crippen LogP contribution < -0.4 is 5.56 Å². The lowest BCUT2D eigenvalue weighted by molar-refractivity contribution is -0.127. The summed E-state index contributed by atoms with van der Waals surface area (Å²) in [5.41, 5.74) is 0.00588. The molecule has 6 heteroatoms. The Morgan fingerprint density at radius 1 is 1.43 bits per heavy atom. The Bertz CT molecular complexity index is 734. The number of fused-ring (bicyclic) bond motifs is 1. The summed E-state index contributed by atoms with van der Waals surface area (Å²) >= 11 is 1.60. The Balaban J connectivity index is 1.91. The molecule has 0 bridgehead atoms. The fraction of sp³-hybridized carbons (Fsp3) is 0.533. The molecule has 1 fully saturated rings. The van der Waals surface area contributed by atoms with Crippen molar-refractivity contribution in [3.05, 3.63) is 27.6 Å². The van der Waals surface area contributed by atoms with Crippen LogP contribution in [-0.4, -0.2) is 33.4 Å². The predicted molar refractivity (Wildman–Crippen MR) is 83.7 cm³/mol. The maximum absolute atomic E-state index is 12.5. The highest BCUT2D eigenvalue weighted by Crippen LogP contribution is 2.22. The molecule has 0 N–H and O–H groups in total. The Labute approximate surface area is 127 Å². The molecule has 21 heavy (non-hydrogen) atoms. The summed E-state index contributed by atoms with van der Waals surface area (Å²) in [5.74, 6) is 0.155. The second-order valence-corrected chi connectivity index (χ2v) is 6.70. The maximum atomic E-state index is 12.5. The minimum atomic E-state index is 0.00588. The van der Waals surface area contributed by atoms with E-state index in [0.29, 0.717) is 18.4 Å². The summed E-state index contributed by atoms with van der Waals surface area (Å²) < 4.78 is 1.64. The zero-order valence-electron chi connectivity index (χ0n) is 12.3. The van der Waals surface area contributed by atoms with Crippen LogP contribution >= 0.6 is 11.3 Å². The van der Waals surface area contributed by atoms with Gasteiger partial charge in [-0.1, -0.05) is 13.3 Å². The predicted octanol–water partition coefficient (Wildman–Crippen LogP) is 2.03. The normalized spacial score (nSPS) is 18.9. The molecular formula is C15H19N3O2S. The molecule has 2 aromatic rings. The van der Waals surface area contributed by atoms with Crippen molar-refractivity contribution >= 4 is 27.5 Å². The molecule has 0 aliphatic carbocycles. The Morgan fingerprint density at radius 2 is 2.24 bits per heavy atom. The Kier molecular flexibility index (Phi) is 3.80. The van der Waals surface area contributed by atoms with Crippen molar-refractivity contribution in [3.63, 3.8) is 0 Å². The number of carbonyl (C=O) groups excluding carboxylic acids is 1. The van der Waals surface area contributed by atoms with Gasteiger partial charge in [0.15, 0.2) is 0 Å². The zero-order chi connectivity index (χ0) is 15.0. The quantitative estimate of drug-likeness (QED) is 0.868. The summed E-state index contributed by atoms with van der Waals surface area (Å²) in [6.07, 6.45) is 5.05. The summed E-state index contributed by atoms with van der Waals surface area (Å²) in [4.78, 5) is 32.3. The minimum absolute atomic E-state index is 0.00588. The van der Waals surface area contributed by atoms with Crippen molar-refractivity contribution in [1.29, 1.82) is 0 Å². The number of rotatable bonds is 4. The summed E-state index contributed by atoms with van der Waals surface area (Å²) in [6, 6.07) is 2.07. The van der Waals surface area contributed by atoms with Crippen LogP contribution in [0.3, 0.4) is 0 Å². The highest BCUT2D eigenvalue weighted by Gasteiger charge is 2.28. The molecule has 1 atom stereocenters. The number of hydrogen-bond donors (Lipinski definition) is 0. The van der Waals surface area contributed by atoms with E-state index in [0.717, 1.165) is 24.1 Å². The van der Waals surface area contributed by atoms with Gasteiger partial charge in [0.1, 0.15) is 4.83 Å². The van der Waals surface area contributed by atoms with Crippen LogP contribution in [0.25, 0.3) is 10.2 Å². The number of likely N-dealkylation sites (tertiary alicyclic amines) is 1. The van der Waals surface area contributed by atoms with Crippen LogP contribution in [-0.2, 0) is 17.8 Å². The van der Waals surface area contributed by atoms with Crippen molar-refractivity contribution in [2.75, 3.05) is 7.05 Å². The highest BCUT2D eigenvalue weighted by molar-refractivity contribution is 7.18. The molecule has 112 valence electrons. The van der Waals surface area contributed by atoms with Crippen molar-refractivity contribution < 1.29 is 4.79 Å². The van der Waals surface area contributed by atoms with Gasteiger partial charge < -0.3 is 4.90 Å². The molecule has 1 saturated heterocycles. The molecule has 0 aromatic carbocycles. The first-order valence-electron chi connectivity index (χ1n) is 7.33. The third kappa shape index (κ3) is 2.60. The molecule has 0 saturated carbocycles. The van der Waals surface area contributed by atoms with Gasteiger partial charge in [-0.2, -0.15) is 0 Å². The van der Waals surface area contributed by atoms with E-state index in [1.54, 1.807) is 34.2 Å². The van der Waals surface area contributed by atoms with E-state index in [-0.39, 0.29) is 17.5 Å². The third-order valence-electron chi connectivity index (χ3n) is 4.11. The molecule has 5 nitrogen and oxygen atoms in total. The molecule has 1 aliphatic heterocycles. The van der Waals surface area contributed by atoms with E-state index < -0.39 is 0 Å². The van der Waals surface area contributed by atoms with Gasteiger partial charge in [0.2, 0.25) is 5.91 Å². The summed E-state index contributed by atoms with van der Waals surface area (Å²) in [7, 11) is 1.81. The van der Waals surface area contributed by atoms with Crippen LogP contribution in [0.5, 0.6) is 0 Å². The largest absolute Gasteiger partial charge is 0.341 e. The lowest BCUT2D eigenvalue weighted by Gasteiger charge is -2.20. The first kappa shape index (κ1) is 14.3. The maximum Gasteiger partial charge on any atom is 0.262 e. The van der Waals surface area contributed by atoms with Crippen molar-refractivity contribution in [2.45, 2.75) is 45.2 Å². The number of aryl methyl sites for hydroxylation is 1. The van der Waals surface area contributed by atoms with Crippen LogP contribution in [0.15, 0.2) is 17.2 Å². The molecular weight excluding hydrogens is 286 g/mol. The number of nitrogens with zero attached hydrogens (tertiary/aromatic N) is 3. The van der Waals surface area contributed by atoms with Crippen molar-refractivity contribution in [3.8, 4) is 0 Å². The number of carbonyl (C=O) groups is 1. The van der Waals surface area contributed by atoms with Crippen LogP contribution in [0.2, 0.25) is 0 Å². The fourth-order valence-corrected chi connectivity index (χ4v) is 3.90. The first-order valence-corrected chi connectivity index (χ1v) is 8.15. The van der Waals surface area contributed by atoms with Gasteiger partial charge in [0.05, 0.1) is 11.7 Å². The number of amides is 1. The summed E-state index contributed by atoms with van der Waals surface area (Å²) in [5, 5.41) is 0.706. The van der Waals surface area contributed by atoms with Gasteiger partial charge in [0.25, 0.3) is 5.56 Å². The third-order valence-corrected chi connectivity index (χ3v) is 5.21. The van der Waals surface area contributed by atoms with E-state index in [1.807, 2.05) is 6.07 Å². The van der Waals surface area contributed by atoms with E-state index in [2.05, 4.69) is 11.9 Å². The molecule has 0 radical (unpaired) electrons. The van der Waals surface area contributed by atoms with E-state index in [1.165, 1.54) is 4.88 Å². The summed E-state index contributed by atoms with van der Waals surface area (Å²) in [6.45, 7) is 2.66. The van der Waals surface area contributed by atoms with Gasteiger partial charge in [0, 0.05) is 30.9 Å². The fourth-order valence-electron chi connectivity index (χ4n) is 2.81. The van der Waals surface area contributed by atoms with Crippen molar-refractivity contribution in [1.82, 2.24) is 14.5 Å². The molecule has 3 heterocycles. The van der Waals surface area contributed by atoms with Gasteiger partial charge in [-0.05, 0) is 18.9 Å². The van der Waals surface area contributed by atoms with Gasteiger partial charge in [-0.15, -0.1) is 11.3 Å². The minimum Gasteiger partial charge on any atom is -0.341 e. The number of likely N-dealkylation sites (N-methyl/N-ethyl adjacent to an activating group) is 1. The SMILES string of the molecule is CCCc1cc2c(=O)n(CC3CCC(=O)N3C)cnc2s1. The Morgan fingerprint density at radius 3 is 2.90 bits per heavy atom. The average Bonchev–Trinajstić information content (AvgIpc) is 3.01. The van der Waals surface area contributed by atoms with Crippen LogP contribution in [0.4, 0.5) is 0 Å². The number of aromatic nitrogens is 2. The first-order chi connectivity index (χ1) is 10.1. The molecule has 2 aromatic heterocycles. The second kappa shape index (κ2) is 5.60. The smallest absolute Gasteiger partial charge is 0.262 e. The number of hydrogen-bond acceptors (Lipinski definition) is 4. The van der Waals surface area contributed by atoms with E-state index in [4.69, 9.17) is 0 Å². The van der Waals surface area contributed by atoms with Crippen molar-refractivity contribution in [2.24, 2.45) is 0 Å². The lowest BCUT2D eigenvalue weighted by atomic mass is 10.2. The topological polar surface area (TPSA) is 55.2 Å².